The van der Waals surface area contributed by atoms with Gasteiger partial charge in [-0.15, -0.1) is 0 Å². The van der Waals surface area contributed by atoms with E-state index in [1.165, 1.54) is 0 Å². The van der Waals surface area contributed by atoms with Crippen LogP contribution in [0.5, 0.6) is 0 Å². The lowest BCUT2D eigenvalue weighted by atomic mass is 9.96. The zero-order chi connectivity index (χ0) is 12.4. The molecule has 1 aliphatic rings. The molecule has 2 heterocycles. The Morgan fingerprint density at radius 2 is 2.29 bits per heavy atom. The minimum Gasteiger partial charge on any atom is -0.391 e. The van der Waals surface area contributed by atoms with E-state index < -0.39 is 0 Å². The number of aliphatic hydroxyl groups excluding tert-OH is 1. The smallest absolute Gasteiger partial charge is 0.128 e. The van der Waals surface area contributed by atoms with Gasteiger partial charge in [-0.25, -0.2) is 4.98 Å². The number of nitrogens with zero attached hydrogens (tertiary/aromatic N) is 2. The average Bonchev–Trinajstić information content (AvgIpc) is 2.33. The van der Waals surface area contributed by atoms with Crippen LogP contribution >= 0.6 is 0 Å². The molecule has 0 aliphatic carbocycles. The first kappa shape index (κ1) is 12.3. The van der Waals surface area contributed by atoms with Crippen LogP contribution in [0.25, 0.3) is 0 Å². The second-order valence-corrected chi connectivity index (χ2v) is 5.02. The number of nitrogens with two attached hydrogens (primary N) is 1. The third-order valence-electron chi connectivity index (χ3n) is 3.54. The van der Waals surface area contributed by atoms with E-state index in [4.69, 9.17) is 5.73 Å². The van der Waals surface area contributed by atoms with Crippen LogP contribution in [0.15, 0.2) is 18.3 Å². The summed E-state index contributed by atoms with van der Waals surface area (Å²) in [7, 11) is 0. The number of aliphatic hydroxyl groups is 1. The van der Waals surface area contributed by atoms with E-state index in [2.05, 4.69) is 16.8 Å². The Kier molecular flexibility index (Phi) is 3.64. The van der Waals surface area contributed by atoms with Gasteiger partial charge >= 0.3 is 0 Å². The van der Waals surface area contributed by atoms with Crippen LogP contribution < -0.4 is 10.6 Å². The molecule has 0 radical (unpaired) electrons. The lowest BCUT2D eigenvalue weighted by Crippen LogP contribution is -2.43. The Labute approximate surface area is 102 Å². The minimum absolute atomic E-state index is 0.0171. The summed E-state index contributed by atoms with van der Waals surface area (Å²) < 4.78 is 0. The summed E-state index contributed by atoms with van der Waals surface area (Å²) >= 11 is 0. The Morgan fingerprint density at radius 1 is 1.53 bits per heavy atom. The van der Waals surface area contributed by atoms with Crippen molar-refractivity contribution in [2.75, 3.05) is 18.0 Å². The fourth-order valence-corrected chi connectivity index (χ4v) is 2.11. The molecule has 4 heteroatoms. The Balaban J connectivity index is 2.07. The van der Waals surface area contributed by atoms with Crippen molar-refractivity contribution in [2.24, 2.45) is 11.7 Å². The number of aromatic nitrogens is 1. The van der Waals surface area contributed by atoms with Gasteiger partial charge in [0.2, 0.25) is 0 Å². The van der Waals surface area contributed by atoms with E-state index in [1.54, 1.807) is 0 Å². The molecule has 3 N–H and O–H groups in total. The molecule has 2 rings (SSSR count). The first-order valence-corrected chi connectivity index (χ1v) is 6.22. The largest absolute Gasteiger partial charge is 0.391 e. The molecule has 94 valence electrons. The zero-order valence-corrected chi connectivity index (χ0v) is 10.5. The number of rotatable bonds is 2. The Bertz CT molecular complexity index is 363. The maximum Gasteiger partial charge on any atom is 0.128 e. The van der Waals surface area contributed by atoms with Crippen molar-refractivity contribution in [3.05, 3.63) is 23.9 Å². The van der Waals surface area contributed by atoms with Crippen molar-refractivity contribution in [2.45, 2.75) is 32.4 Å². The van der Waals surface area contributed by atoms with Gasteiger partial charge in [0, 0.05) is 25.3 Å². The van der Waals surface area contributed by atoms with Crippen molar-refractivity contribution in [1.29, 1.82) is 0 Å². The lowest BCUT2D eigenvalue weighted by molar-refractivity contribution is 0.102. The summed E-state index contributed by atoms with van der Waals surface area (Å²) in [6, 6.07) is 4.02. The van der Waals surface area contributed by atoms with Gasteiger partial charge in [0.15, 0.2) is 0 Å². The van der Waals surface area contributed by atoms with Crippen molar-refractivity contribution < 1.29 is 5.11 Å². The van der Waals surface area contributed by atoms with E-state index in [9.17, 15) is 5.11 Å². The van der Waals surface area contributed by atoms with E-state index >= 15 is 0 Å². The van der Waals surface area contributed by atoms with Crippen LogP contribution in [0, 0.1) is 5.92 Å². The minimum atomic E-state index is -0.251. The summed E-state index contributed by atoms with van der Waals surface area (Å²) in [5, 5.41) is 9.86. The Morgan fingerprint density at radius 3 is 2.82 bits per heavy atom. The number of pyridine rings is 1. The van der Waals surface area contributed by atoms with E-state index in [-0.39, 0.29) is 12.1 Å². The average molecular weight is 235 g/mol. The molecule has 1 fully saturated rings. The standard InChI is InChI=1S/C13H21N3O/c1-9-5-6-16(8-12(9)17)13-4-3-11(7-15-13)10(2)14/h3-4,7,9-10,12,17H,5-6,8,14H2,1-2H3/t9?,10-,12?/m0/s1. The quantitative estimate of drug-likeness (QED) is 0.811. The van der Waals surface area contributed by atoms with Crippen LogP contribution in [0.4, 0.5) is 5.82 Å². The zero-order valence-electron chi connectivity index (χ0n) is 10.5. The summed E-state index contributed by atoms with van der Waals surface area (Å²) in [6.45, 7) is 5.67. The van der Waals surface area contributed by atoms with Crippen molar-refractivity contribution in [3.63, 3.8) is 0 Å². The van der Waals surface area contributed by atoms with Gasteiger partial charge in [-0.1, -0.05) is 13.0 Å². The molecule has 1 aromatic rings. The van der Waals surface area contributed by atoms with Crippen LogP contribution in [0.2, 0.25) is 0 Å². The highest BCUT2D eigenvalue weighted by atomic mass is 16.3. The van der Waals surface area contributed by atoms with Gasteiger partial charge in [0.05, 0.1) is 6.10 Å². The van der Waals surface area contributed by atoms with Crippen molar-refractivity contribution in [1.82, 2.24) is 4.98 Å². The maximum atomic E-state index is 9.86. The van der Waals surface area contributed by atoms with Gasteiger partial charge in [0.25, 0.3) is 0 Å². The lowest BCUT2D eigenvalue weighted by Gasteiger charge is -2.35. The van der Waals surface area contributed by atoms with Crippen LogP contribution in [0.3, 0.4) is 0 Å². The predicted molar refractivity (Wildman–Crippen MR) is 68.8 cm³/mol. The number of piperidine rings is 1. The molecule has 0 aromatic carbocycles. The second-order valence-electron chi connectivity index (χ2n) is 5.02. The van der Waals surface area contributed by atoms with Crippen LogP contribution in [-0.2, 0) is 0 Å². The Hall–Kier alpha value is -1.13. The number of β-amino-alcohol motifs (C(OH)–C–C–N with tert-alkyl or cyclic N) is 1. The van der Waals surface area contributed by atoms with E-state index in [0.29, 0.717) is 12.5 Å². The van der Waals surface area contributed by atoms with Crippen molar-refractivity contribution in [3.8, 4) is 0 Å². The number of hydrogen-bond donors (Lipinski definition) is 2. The van der Waals surface area contributed by atoms with Crippen LogP contribution in [0.1, 0.15) is 31.9 Å². The van der Waals surface area contributed by atoms with E-state index in [0.717, 1.165) is 24.3 Å². The van der Waals surface area contributed by atoms with Crippen molar-refractivity contribution >= 4 is 5.82 Å². The third kappa shape index (κ3) is 2.76. The molecular weight excluding hydrogens is 214 g/mol. The normalized spacial score (nSPS) is 26.9. The summed E-state index contributed by atoms with van der Waals surface area (Å²) in [6.07, 6.45) is 2.58. The highest BCUT2D eigenvalue weighted by Gasteiger charge is 2.24. The molecule has 1 saturated heterocycles. The monoisotopic (exact) mass is 235 g/mol. The van der Waals surface area contributed by atoms with Gasteiger partial charge in [-0.2, -0.15) is 0 Å². The van der Waals surface area contributed by atoms with Gasteiger partial charge in [-0.05, 0) is 30.9 Å². The molecule has 2 unspecified atom stereocenters. The van der Waals surface area contributed by atoms with Gasteiger partial charge in [-0.3, -0.25) is 0 Å². The fourth-order valence-electron chi connectivity index (χ4n) is 2.11. The summed E-state index contributed by atoms with van der Waals surface area (Å²) in [5.74, 6) is 1.31. The first-order chi connectivity index (χ1) is 8.08. The predicted octanol–water partition coefficient (Wildman–Crippen LogP) is 1.31. The first-order valence-electron chi connectivity index (χ1n) is 6.22. The molecule has 3 atom stereocenters. The topological polar surface area (TPSA) is 62.4 Å². The molecule has 1 aromatic heterocycles. The van der Waals surface area contributed by atoms with Gasteiger partial charge in [0.1, 0.15) is 5.82 Å². The van der Waals surface area contributed by atoms with Gasteiger partial charge < -0.3 is 15.7 Å². The van der Waals surface area contributed by atoms with E-state index in [1.807, 2.05) is 25.3 Å². The molecule has 17 heavy (non-hydrogen) atoms. The maximum absolute atomic E-state index is 9.86. The molecule has 0 spiro atoms. The highest BCUT2D eigenvalue weighted by molar-refractivity contribution is 5.40. The fraction of sp³-hybridized carbons (Fsp3) is 0.615. The SMILES string of the molecule is CC1CCN(c2ccc([C@H](C)N)cn2)CC1O. The second kappa shape index (κ2) is 5.02. The molecule has 0 bridgehead atoms. The number of hydrogen-bond acceptors (Lipinski definition) is 4. The number of anilines is 1. The molecular formula is C13H21N3O. The third-order valence-corrected chi connectivity index (χ3v) is 3.54. The summed E-state index contributed by atoms with van der Waals surface area (Å²) in [4.78, 5) is 6.55. The molecule has 4 nitrogen and oxygen atoms in total. The molecule has 0 amide bonds. The highest BCUT2D eigenvalue weighted by Crippen LogP contribution is 2.22. The summed E-state index contributed by atoms with van der Waals surface area (Å²) in [5.41, 5.74) is 6.83. The molecule has 0 saturated carbocycles. The molecule has 1 aliphatic heterocycles. The van der Waals surface area contributed by atoms with Crippen LogP contribution in [-0.4, -0.2) is 29.3 Å².